The number of anilines is 1. The number of amides is 1. The largest absolute Gasteiger partial charge is 0.326 e. The zero-order valence-corrected chi connectivity index (χ0v) is 13.6. The van der Waals surface area contributed by atoms with E-state index >= 15 is 0 Å². The summed E-state index contributed by atoms with van der Waals surface area (Å²) < 4.78 is 38.1. The Kier molecular flexibility index (Phi) is 5.12. The fraction of sp³-hybridized carbons (Fsp3) is 0.188. The summed E-state index contributed by atoms with van der Waals surface area (Å²) in [7, 11) is -0.600. The summed E-state index contributed by atoms with van der Waals surface area (Å²) in [6, 6.07) is 11.7. The number of carbonyl (C=O) groups excluding carboxylic acids is 1. The normalized spacial score (nSPS) is 11.5. The van der Waals surface area contributed by atoms with Crippen LogP contribution in [0.5, 0.6) is 0 Å². The predicted octanol–water partition coefficient (Wildman–Crippen LogP) is 2.26. The molecule has 2 rings (SSSR count). The first kappa shape index (κ1) is 17.1. The zero-order chi connectivity index (χ0) is 17.0. The first-order valence-electron chi connectivity index (χ1n) is 6.86. The Morgan fingerprint density at radius 1 is 1.13 bits per heavy atom. The van der Waals surface area contributed by atoms with Crippen LogP contribution >= 0.6 is 0 Å². The summed E-state index contributed by atoms with van der Waals surface area (Å²) in [5.41, 5.74) is 1.04. The molecule has 1 N–H and O–H groups in total. The lowest BCUT2D eigenvalue weighted by molar-refractivity contribution is -0.115. The fourth-order valence-corrected chi connectivity index (χ4v) is 2.86. The average molecular weight is 336 g/mol. The summed E-state index contributed by atoms with van der Waals surface area (Å²) in [6.45, 7) is 0. The Labute approximate surface area is 134 Å². The van der Waals surface area contributed by atoms with Crippen LogP contribution in [-0.4, -0.2) is 32.7 Å². The van der Waals surface area contributed by atoms with Crippen LogP contribution in [0.4, 0.5) is 10.1 Å². The van der Waals surface area contributed by atoms with Gasteiger partial charge in [-0.3, -0.25) is 4.79 Å². The molecule has 0 spiro atoms. The summed E-state index contributed by atoms with van der Waals surface area (Å²) >= 11 is 0. The average Bonchev–Trinajstić information content (AvgIpc) is 2.47. The third-order valence-electron chi connectivity index (χ3n) is 3.17. The number of hydrogen-bond donors (Lipinski definition) is 1. The molecule has 7 heteroatoms. The van der Waals surface area contributed by atoms with Crippen molar-refractivity contribution in [2.24, 2.45) is 0 Å². The maximum absolute atomic E-state index is 13.1. The number of nitrogens with zero attached hydrogens (tertiary/aromatic N) is 1. The maximum Gasteiger partial charge on any atom is 0.242 e. The second kappa shape index (κ2) is 6.89. The van der Waals surface area contributed by atoms with E-state index in [2.05, 4.69) is 5.32 Å². The van der Waals surface area contributed by atoms with Crippen molar-refractivity contribution < 1.29 is 17.6 Å². The minimum Gasteiger partial charge on any atom is -0.326 e. The van der Waals surface area contributed by atoms with E-state index in [1.165, 1.54) is 50.5 Å². The van der Waals surface area contributed by atoms with E-state index in [9.17, 15) is 17.6 Å². The van der Waals surface area contributed by atoms with Gasteiger partial charge in [0.1, 0.15) is 5.82 Å². The molecule has 122 valence electrons. The molecular weight excluding hydrogens is 319 g/mol. The van der Waals surface area contributed by atoms with Crippen LogP contribution in [0.2, 0.25) is 0 Å². The van der Waals surface area contributed by atoms with E-state index < -0.39 is 15.8 Å². The fourth-order valence-electron chi connectivity index (χ4n) is 1.96. The minimum atomic E-state index is -3.50. The summed E-state index contributed by atoms with van der Waals surface area (Å²) in [4.78, 5) is 12.1. The van der Waals surface area contributed by atoms with Crippen molar-refractivity contribution in [1.29, 1.82) is 0 Å². The topological polar surface area (TPSA) is 66.5 Å². The minimum absolute atomic E-state index is 0.0372. The van der Waals surface area contributed by atoms with Gasteiger partial charge in [0.05, 0.1) is 11.3 Å². The lowest BCUT2D eigenvalue weighted by Gasteiger charge is -2.12. The van der Waals surface area contributed by atoms with Crippen molar-refractivity contribution in [3.63, 3.8) is 0 Å². The van der Waals surface area contributed by atoms with Gasteiger partial charge in [-0.2, -0.15) is 0 Å². The molecule has 0 aromatic heterocycles. The lowest BCUT2D eigenvalue weighted by atomic mass is 10.1. The first-order valence-corrected chi connectivity index (χ1v) is 8.30. The molecule has 0 saturated carbocycles. The van der Waals surface area contributed by atoms with E-state index in [4.69, 9.17) is 0 Å². The van der Waals surface area contributed by atoms with Crippen LogP contribution in [0, 0.1) is 5.82 Å². The van der Waals surface area contributed by atoms with Crippen LogP contribution < -0.4 is 5.32 Å². The van der Waals surface area contributed by atoms with Gasteiger partial charge >= 0.3 is 0 Å². The molecule has 2 aromatic carbocycles. The lowest BCUT2D eigenvalue weighted by Crippen LogP contribution is -2.22. The number of rotatable bonds is 5. The molecule has 0 aliphatic rings. The Morgan fingerprint density at radius 2 is 1.78 bits per heavy atom. The van der Waals surface area contributed by atoms with Crippen LogP contribution in [0.25, 0.3) is 0 Å². The SMILES string of the molecule is CN(C)S(=O)(=O)c1ccc(NC(=O)Cc2cccc(F)c2)cc1. The van der Waals surface area contributed by atoms with E-state index in [-0.39, 0.29) is 17.2 Å². The molecule has 0 bridgehead atoms. The van der Waals surface area contributed by atoms with Crippen molar-refractivity contribution >= 4 is 21.6 Å². The molecule has 2 aromatic rings. The highest BCUT2D eigenvalue weighted by molar-refractivity contribution is 7.89. The molecule has 0 atom stereocenters. The van der Waals surface area contributed by atoms with Gasteiger partial charge in [-0.1, -0.05) is 12.1 Å². The quantitative estimate of drug-likeness (QED) is 0.911. The predicted molar refractivity (Wildman–Crippen MR) is 86.0 cm³/mol. The number of benzene rings is 2. The van der Waals surface area contributed by atoms with Crippen LogP contribution in [0.15, 0.2) is 53.4 Å². The summed E-state index contributed by atoms with van der Waals surface area (Å²) in [5.74, 6) is -0.702. The maximum atomic E-state index is 13.1. The van der Waals surface area contributed by atoms with Crippen molar-refractivity contribution in [3.8, 4) is 0 Å². The number of sulfonamides is 1. The zero-order valence-electron chi connectivity index (χ0n) is 12.8. The van der Waals surface area contributed by atoms with Gasteiger partial charge in [0.25, 0.3) is 0 Å². The molecule has 0 aliphatic carbocycles. The third kappa shape index (κ3) is 4.37. The van der Waals surface area contributed by atoms with Gasteiger partial charge in [-0.25, -0.2) is 17.1 Å². The third-order valence-corrected chi connectivity index (χ3v) is 5.00. The summed E-state index contributed by atoms with van der Waals surface area (Å²) in [6.07, 6.45) is 0.0372. The van der Waals surface area contributed by atoms with Crippen molar-refractivity contribution in [2.45, 2.75) is 11.3 Å². The van der Waals surface area contributed by atoms with E-state index in [1.54, 1.807) is 12.1 Å². The van der Waals surface area contributed by atoms with E-state index in [0.717, 1.165) is 4.31 Å². The summed E-state index contributed by atoms with van der Waals surface area (Å²) in [5, 5.41) is 2.65. The highest BCUT2D eigenvalue weighted by atomic mass is 32.2. The Morgan fingerprint density at radius 3 is 2.35 bits per heavy atom. The molecule has 0 saturated heterocycles. The number of halogens is 1. The van der Waals surface area contributed by atoms with E-state index in [0.29, 0.717) is 11.3 Å². The Hall–Kier alpha value is -2.25. The number of carbonyl (C=O) groups is 1. The first-order chi connectivity index (χ1) is 10.8. The Bertz CT molecular complexity index is 802. The molecule has 5 nitrogen and oxygen atoms in total. The van der Waals surface area contributed by atoms with Crippen molar-refractivity contribution in [2.75, 3.05) is 19.4 Å². The van der Waals surface area contributed by atoms with Gasteiger partial charge in [0.15, 0.2) is 0 Å². The molecule has 23 heavy (non-hydrogen) atoms. The highest BCUT2D eigenvalue weighted by Crippen LogP contribution is 2.17. The number of hydrogen-bond acceptors (Lipinski definition) is 3. The van der Waals surface area contributed by atoms with Crippen molar-refractivity contribution in [3.05, 3.63) is 59.9 Å². The smallest absolute Gasteiger partial charge is 0.242 e. The standard InChI is InChI=1S/C16H17FN2O3S/c1-19(2)23(21,22)15-8-6-14(7-9-15)18-16(20)11-12-4-3-5-13(17)10-12/h3-10H,11H2,1-2H3,(H,18,20). The monoisotopic (exact) mass is 336 g/mol. The van der Waals surface area contributed by atoms with Crippen molar-refractivity contribution in [1.82, 2.24) is 4.31 Å². The molecule has 0 heterocycles. The molecule has 0 radical (unpaired) electrons. The highest BCUT2D eigenvalue weighted by Gasteiger charge is 2.16. The van der Waals surface area contributed by atoms with Gasteiger partial charge in [0, 0.05) is 19.8 Å². The van der Waals surface area contributed by atoms with Crippen LogP contribution in [0.3, 0.4) is 0 Å². The van der Waals surface area contributed by atoms with Gasteiger partial charge in [-0.15, -0.1) is 0 Å². The second-order valence-corrected chi connectivity index (χ2v) is 7.32. The van der Waals surface area contributed by atoms with Crippen LogP contribution in [0.1, 0.15) is 5.56 Å². The molecular formula is C16H17FN2O3S. The molecule has 1 amide bonds. The second-order valence-electron chi connectivity index (χ2n) is 5.17. The molecule has 0 unspecified atom stereocenters. The Balaban J connectivity index is 2.05. The number of nitrogens with one attached hydrogen (secondary N) is 1. The van der Waals surface area contributed by atoms with Gasteiger partial charge < -0.3 is 5.32 Å². The van der Waals surface area contributed by atoms with Gasteiger partial charge in [-0.05, 0) is 42.0 Å². The molecule has 0 aliphatic heterocycles. The molecule has 0 fully saturated rings. The van der Waals surface area contributed by atoms with Crippen LogP contribution in [-0.2, 0) is 21.2 Å². The van der Waals surface area contributed by atoms with E-state index in [1.807, 2.05) is 0 Å². The van der Waals surface area contributed by atoms with Gasteiger partial charge in [0.2, 0.25) is 15.9 Å².